The molecule has 0 aliphatic heterocycles. The average Bonchev–Trinajstić information content (AvgIpc) is 2.93. The second-order valence-corrected chi connectivity index (χ2v) is 10.4. The first-order valence-electron chi connectivity index (χ1n) is 13.5. The highest BCUT2D eigenvalue weighted by Gasteiger charge is 2.15. The Morgan fingerprint density at radius 3 is 2.06 bits per heavy atom. The summed E-state index contributed by atoms with van der Waals surface area (Å²) in [7, 11) is 0. The molecule has 0 saturated heterocycles. The topological polar surface area (TPSA) is 38.3 Å². The minimum Gasteiger partial charge on any atom is -0.494 e. The van der Waals surface area contributed by atoms with Gasteiger partial charge in [-0.25, -0.2) is 0 Å². The molecule has 3 rings (SSSR count). The van der Waals surface area contributed by atoms with Gasteiger partial charge in [-0.15, -0.1) is 11.8 Å². The lowest BCUT2D eigenvalue weighted by molar-refractivity contribution is 0.0954. The minimum absolute atomic E-state index is 0.0501. The molecule has 3 nitrogen and oxygen atoms in total. The van der Waals surface area contributed by atoms with Crippen molar-refractivity contribution in [3.63, 3.8) is 0 Å². The maximum absolute atomic E-state index is 12.8. The van der Waals surface area contributed by atoms with Gasteiger partial charge in [0, 0.05) is 23.1 Å². The van der Waals surface area contributed by atoms with Crippen molar-refractivity contribution in [2.75, 3.05) is 13.2 Å². The van der Waals surface area contributed by atoms with Gasteiger partial charge in [-0.1, -0.05) is 113 Å². The largest absolute Gasteiger partial charge is 0.494 e. The normalized spacial score (nSPS) is 11.7. The van der Waals surface area contributed by atoms with Gasteiger partial charge in [0.15, 0.2) is 0 Å². The van der Waals surface area contributed by atoms with E-state index in [0.29, 0.717) is 12.1 Å². The lowest BCUT2D eigenvalue weighted by Crippen LogP contribution is -2.27. The summed E-state index contributed by atoms with van der Waals surface area (Å²) in [6.45, 7) is 3.57. The van der Waals surface area contributed by atoms with E-state index in [1.165, 1.54) is 56.1 Å². The summed E-state index contributed by atoms with van der Waals surface area (Å²) in [4.78, 5) is 12.8. The summed E-state index contributed by atoms with van der Waals surface area (Å²) < 4.78 is 5.88. The Bertz CT molecular complexity index is 976. The first-order chi connectivity index (χ1) is 17.8. The van der Waals surface area contributed by atoms with Crippen molar-refractivity contribution < 1.29 is 9.53 Å². The molecule has 0 aliphatic rings. The van der Waals surface area contributed by atoms with Crippen LogP contribution in [-0.2, 0) is 5.75 Å². The van der Waals surface area contributed by atoms with Crippen LogP contribution in [0.1, 0.15) is 85.0 Å². The van der Waals surface area contributed by atoms with Crippen LogP contribution in [0, 0.1) is 0 Å². The van der Waals surface area contributed by atoms with Crippen molar-refractivity contribution in [2.45, 2.75) is 69.3 Å². The molecule has 1 N–H and O–H groups in total. The average molecular weight is 504 g/mol. The van der Waals surface area contributed by atoms with E-state index in [0.717, 1.165) is 24.5 Å². The number of ether oxygens (including phenoxy) is 1. The molecular weight excluding hydrogens is 462 g/mol. The number of thioether (sulfide) groups is 1. The third-order valence-electron chi connectivity index (χ3n) is 6.30. The van der Waals surface area contributed by atoms with Crippen LogP contribution in [0.4, 0.5) is 0 Å². The van der Waals surface area contributed by atoms with Crippen molar-refractivity contribution in [2.24, 2.45) is 0 Å². The van der Waals surface area contributed by atoms with Gasteiger partial charge in [0.2, 0.25) is 0 Å². The monoisotopic (exact) mass is 503 g/mol. The van der Waals surface area contributed by atoms with Gasteiger partial charge in [0.05, 0.1) is 6.61 Å². The number of rotatable bonds is 17. The quantitative estimate of drug-likeness (QED) is 0.187. The van der Waals surface area contributed by atoms with Crippen molar-refractivity contribution in [1.82, 2.24) is 5.32 Å². The number of carbonyl (C=O) groups excluding carboxylic acids is 1. The van der Waals surface area contributed by atoms with Crippen LogP contribution >= 0.6 is 11.8 Å². The first-order valence-corrected chi connectivity index (χ1v) is 14.5. The summed E-state index contributed by atoms with van der Waals surface area (Å²) in [5.41, 5.74) is 3.18. The predicted octanol–water partition coefficient (Wildman–Crippen LogP) is 8.61. The number of benzene rings is 3. The van der Waals surface area contributed by atoms with Crippen molar-refractivity contribution in [3.8, 4) is 5.75 Å². The van der Waals surface area contributed by atoms with Crippen molar-refractivity contribution in [1.29, 1.82) is 0 Å². The summed E-state index contributed by atoms with van der Waals surface area (Å²) in [6.07, 6.45) is 10.3. The van der Waals surface area contributed by atoms with Crippen LogP contribution in [0.2, 0.25) is 0 Å². The van der Waals surface area contributed by atoms with Gasteiger partial charge < -0.3 is 10.1 Å². The molecule has 0 spiro atoms. The molecule has 3 aromatic rings. The number of amides is 1. The van der Waals surface area contributed by atoms with Crippen molar-refractivity contribution in [3.05, 3.63) is 102 Å². The minimum atomic E-state index is -0.0501. The smallest absolute Gasteiger partial charge is 0.251 e. The third-order valence-corrected chi connectivity index (χ3v) is 7.64. The zero-order chi connectivity index (χ0) is 25.3. The van der Waals surface area contributed by atoms with E-state index in [9.17, 15) is 4.79 Å². The Balaban J connectivity index is 1.41. The Kier molecular flexibility index (Phi) is 13.0. The molecule has 0 radical (unpaired) electrons. The second kappa shape index (κ2) is 16.9. The van der Waals surface area contributed by atoms with E-state index in [1.807, 2.05) is 48.2 Å². The molecule has 1 atom stereocenters. The van der Waals surface area contributed by atoms with Crippen molar-refractivity contribution >= 4 is 17.7 Å². The molecule has 192 valence electrons. The Morgan fingerprint density at radius 2 is 1.39 bits per heavy atom. The number of nitrogens with one attached hydrogen (secondary N) is 1. The van der Waals surface area contributed by atoms with E-state index in [1.54, 1.807) is 0 Å². The van der Waals surface area contributed by atoms with E-state index in [2.05, 4.69) is 60.8 Å². The SMILES string of the molecule is CCCCCCCCCCOc1ccc(C(=O)NC[C@@H](SCc2ccccc2)c2ccccc2)cc1. The highest BCUT2D eigenvalue weighted by molar-refractivity contribution is 7.98. The fraction of sp³-hybridized carbons (Fsp3) is 0.406. The van der Waals surface area contributed by atoms with E-state index < -0.39 is 0 Å². The summed E-state index contributed by atoms with van der Waals surface area (Å²) in [6, 6.07) is 28.4. The van der Waals surface area contributed by atoms with Crippen LogP contribution in [0.25, 0.3) is 0 Å². The van der Waals surface area contributed by atoms with Gasteiger partial charge >= 0.3 is 0 Å². The highest BCUT2D eigenvalue weighted by Crippen LogP contribution is 2.31. The zero-order valence-corrected chi connectivity index (χ0v) is 22.5. The molecule has 0 fully saturated rings. The molecule has 0 aromatic heterocycles. The second-order valence-electron chi connectivity index (χ2n) is 9.25. The lowest BCUT2D eigenvalue weighted by Gasteiger charge is -2.18. The van der Waals surface area contributed by atoms with Gasteiger partial charge in [-0.05, 0) is 41.8 Å². The van der Waals surface area contributed by atoms with Gasteiger partial charge in [-0.3, -0.25) is 4.79 Å². The maximum atomic E-state index is 12.8. The number of unbranched alkanes of at least 4 members (excludes halogenated alkanes) is 7. The summed E-state index contributed by atoms with van der Waals surface area (Å²) in [5, 5.41) is 3.32. The third kappa shape index (κ3) is 10.5. The number of carbonyl (C=O) groups is 1. The molecular formula is C32H41NO2S. The van der Waals surface area contributed by atoms with Crippen LogP contribution in [0.5, 0.6) is 5.75 Å². The molecule has 0 saturated carbocycles. The molecule has 3 aromatic carbocycles. The Morgan fingerprint density at radius 1 is 0.778 bits per heavy atom. The number of hydrogen-bond acceptors (Lipinski definition) is 3. The summed E-state index contributed by atoms with van der Waals surface area (Å²) >= 11 is 1.85. The molecule has 1 amide bonds. The van der Waals surface area contributed by atoms with E-state index in [-0.39, 0.29) is 11.2 Å². The lowest BCUT2D eigenvalue weighted by atomic mass is 10.1. The summed E-state index contributed by atoms with van der Waals surface area (Å²) in [5.74, 6) is 1.68. The van der Waals surface area contributed by atoms with E-state index >= 15 is 0 Å². The Labute approximate surface area is 222 Å². The zero-order valence-electron chi connectivity index (χ0n) is 21.7. The van der Waals surface area contributed by atoms with Crippen LogP contribution in [0.15, 0.2) is 84.9 Å². The molecule has 0 heterocycles. The maximum Gasteiger partial charge on any atom is 0.251 e. The van der Waals surface area contributed by atoms with Gasteiger partial charge in [0.1, 0.15) is 5.75 Å². The molecule has 0 unspecified atom stereocenters. The first kappa shape index (κ1) is 27.9. The van der Waals surface area contributed by atoms with Crippen LogP contribution in [-0.4, -0.2) is 19.1 Å². The van der Waals surface area contributed by atoms with E-state index in [4.69, 9.17) is 4.74 Å². The molecule has 4 heteroatoms. The van der Waals surface area contributed by atoms with Crippen LogP contribution < -0.4 is 10.1 Å². The van der Waals surface area contributed by atoms with Crippen LogP contribution in [0.3, 0.4) is 0 Å². The molecule has 0 aliphatic carbocycles. The Hall–Kier alpha value is -2.72. The standard InChI is InChI=1S/C32H41NO2S/c1-2-3-4-5-6-7-8-15-24-35-30-22-20-29(21-23-30)32(34)33-25-31(28-18-13-10-14-19-28)36-26-27-16-11-9-12-17-27/h9-14,16-23,31H,2-8,15,24-26H2,1H3,(H,33,34)/t31-/m1/s1. The molecule has 36 heavy (non-hydrogen) atoms. The molecule has 0 bridgehead atoms. The number of hydrogen-bond donors (Lipinski definition) is 1. The van der Waals surface area contributed by atoms with Gasteiger partial charge in [-0.2, -0.15) is 0 Å². The predicted molar refractivity (Wildman–Crippen MR) is 154 cm³/mol. The van der Waals surface area contributed by atoms with Gasteiger partial charge in [0.25, 0.3) is 5.91 Å². The highest BCUT2D eigenvalue weighted by atomic mass is 32.2. The fourth-order valence-electron chi connectivity index (χ4n) is 4.13. The fourth-order valence-corrected chi connectivity index (χ4v) is 5.26.